The normalized spacial score (nSPS) is 9.67. The number of carbonyl (C=O) groups is 2. The summed E-state index contributed by atoms with van der Waals surface area (Å²) in [6.07, 6.45) is 2.88. The second-order valence-electron chi connectivity index (χ2n) is 3.39. The number of rotatable bonds is 6. The SMILES string of the molecule is CCNC(=O)CCNC(=O)c1cnc(NN)cn1. The summed E-state index contributed by atoms with van der Waals surface area (Å²) in [5.41, 5.74) is 2.48. The standard InChI is InChI=1S/C10H16N6O2/c1-2-12-9(17)3-4-13-10(18)7-5-15-8(16-11)6-14-7/h5-6H,2-4,11H2,1H3,(H,12,17)(H,13,18)(H,15,16). The van der Waals surface area contributed by atoms with E-state index in [-0.39, 0.29) is 30.5 Å². The van der Waals surface area contributed by atoms with Crippen LogP contribution in [0.25, 0.3) is 0 Å². The van der Waals surface area contributed by atoms with Gasteiger partial charge in [-0.25, -0.2) is 15.8 Å². The van der Waals surface area contributed by atoms with Crippen LogP contribution < -0.4 is 21.9 Å². The number of nitrogens with two attached hydrogens (primary N) is 1. The molecule has 18 heavy (non-hydrogen) atoms. The minimum atomic E-state index is -0.379. The van der Waals surface area contributed by atoms with Crippen LogP contribution in [0, 0.1) is 0 Å². The number of amides is 2. The topological polar surface area (TPSA) is 122 Å². The molecule has 2 amide bonds. The average Bonchev–Trinajstić information content (AvgIpc) is 2.39. The lowest BCUT2D eigenvalue weighted by molar-refractivity contribution is -0.120. The zero-order chi connectivity index (χ0) is 13.4. The van der Waals surface area contributed by atoms with Crippen LogP contribution in [0.4, 0.5) is 5.82 Å². The summed E-state index contributed by atoms with van der Waals surface area (Å²) < 4.78 is 0. The highest BCUT2D eigenvalue weighted by atomic mass is 16.2. The van der Waals surface area contributed by atoms with Gasteiger partial charge in [0.1, 0.15) is 5.69 Å². The fourth-order valence-corrected chi connectivity index (χ4v) is 1.19. The number of hydrogen-bond donors (Lipinski definition) is 4. The van der Waals surface area contributed by atoms with Crippen molar-refractivity contribution in [3.63, 3.8) is 0 Å². The van der Waals surface area contributed by atoms with Gasteiger partial charge < -0.3 is 16.1 Å². The zero-order valence-corrected chi connectivity index (χ0v) is 10.1. The summed E-state index contributed by atoms with van der Waals surface area (Å²) in [5.74, 6) is 5.01. The van der Waals surface area contributed by atoms with E-state index in [4.69, 9.17) is 5.84 Å². The number of nitrogen functional groups attached to an aromatic ring is 1. The molecular formula is C10H16N6O2. The predicted molar refractivity (Wildman–Crippen MR) is 65.5 cm³/mol. The first-order valence-corrected chi connectivity index (χ1v) is 5.51. The van der Waals surface area contributed by atoms with Gasteiger partial charge in [-0.05, 0) is 6.92 Å². The molecule has 0 aliphatic rings. The van der Waals surface area contributed by atoms with Gasteiger partial charge in [0.25, 0.3) is 5.91 Å². The van der Waals surface area contributed by atoms with Gasteiger partial charge >= 0.3 is 0 Å². The molecule has 0 bridgehead atoms. The Hall–Kier alpha value is -2.22. The monoisotopic (exact) mass is 252 g/mol. The van der Waals surface area contributed by atoms with Crippen LogP contribution in [-0.4, -0.2) is 34.9 Å². The molecule has 0 spiro atoms. The molecule has 0 aliphatic heterocycles. The van der Waals surface area contributed by atoms with Gasteiger partial charge in [0.15, 0.2) is 5.82 Å². The predicted octanol–water partition coefficient (Wildman–Crippen LogP) is -0.982. The van der Waals surface area contributed by atoms with E-state index in [9.17, 15) is 9.59 Å². The van der Waals surface area contributed by atoms with E-state index >= 15 is 0 Å². The number of anilines is 1. The molecule has 8 heteroatoms. The minimum Gasteiger partial charge on any atom is -0.356 e. The van der Waals surface area contributed by atoms with Gasteiger partial charge in [-0.1, -0.05) is 0 Å². The van der Waals surface area contributed by atoms with E-state index in [1.54, 1.807) is 0 Å². The first-order chi connectivity index (χ1) is 8.67. The number of hydrazine groups is 1. The second kappa shape index (κ2) is 7.17. The van der Waals surface area contributed by atoms with Crippen LogP contribution in [0.1, 0.15) is 23.8 Å². The lowest BCUT2D eigenvalue weighted by atomic mass is 10.3. The van der Waals surface area contributed by atoms with Crippen molar-refractivity contribution in [3.8, 4) is 0 Å². The third-order valence-corrected chi connectivity index (χ3v) is 2.04. The molecule has 0 unspecified atom stereocenters. The third kappa shape index (κ3) is 4.34. The summed E-state index contributed by atoms with van der Waals surface area (Å²) in [7, 11) is 0. The van der Waals surface area contributed by atoms with Crippen molar-refractivity contribution < 1.29 is 9.59 Å². The van der Waals surface area contributed by atoms with Crippen molar-refractivity contribution in [3.05, 3.63) is 18.1 Å². The molecule has 1 heterocycles. The van der Waals surface area contributed by atoms with Crippen LogP contribution in [0.2, 0.25) is 0 Å². The Kier molecular flexibility index (Phi) is 5.52. The number of hydrogen-bond acceptors (Lipinski definition) is 6. The van der Waals surface area contributed by atoms with E-state index in [0.717, 1.165) is 0 Å². The Morgan fingerprint density at radius 1 is 1.28 bits per heavy atom. The number of nitrogens with one attached hydrogen (secondary N) is 3. The first-order valence-electron chi connectivity index (χ1n) is 5.51. The second-order valence-corrected chi connectivity index (χ2v) is 3.39. The Balaban J connectivity index is 2.38. The Morgan fingerprint density at radius 3 is 2.61 bits per heavy atom. The smallest absolute Gasteiger partial charge is 0.271 e. The van der Waals surface area contributed by atoms with Crippen LogP contribution in [-0.2, 0) is 4.79 Å². The lowest BCUT2D eigenvalue weighted by Gasteiger charge is -2.05. The van der Waals surface area contributed by atoms with E-state index in [1.807, 2.05) is 6.92 Å². The van der Waals surface area contributed by atoms with E-state index < -0.39 is 0 Å². The highest BCUT2D eigenvalue weighted by molar-refractivity contribution is 5.92. The number of nitrogens with zero attached hydrogens (tertiary/aromatic N) is 2. The molecule has 0 saturated carbocycles. The maximum Gasteiger partial charge on any atom is 0.271 e. The highest BCUT2D eigenvalue weighted by Crippen LogP contribution is 1.98. The van der Waals surface area contributed by atoms with Gasteiger partial charge in [-0.2, -0.15) is 0 Å². The summed E-state index contributed by atoms with van der Waals surface area (Å²) in [5, 5.41) is 5.21. The van der Waals surface area contributed by atoms with Crippen LogP contribution in [0.15, 0.2) is 12.4 Å². The molecule has 1 aromatic heterocycles. The van der Waals surface area contributed by atoms with Crippen molar-refractivity contribution in [1.29, 1.82) is 0 Å². The molecule has 0 aromatic carbocycles. The third-order valence-electron chi connectivity index (χ3n) is 2.04. The minimum absolute atomic E-state index is 0.105. The molecule has 0 radical (unpaired) electrons. The Bertz CT molecular complexity index is 405. The van der Waals surface area contributed by atoms with Crippen LogP contribution in [0.5, 0.6) is 0 Å². The van der Waals surface area contributed by atoms with E-state index in [0.29, 0.717) is 12.4 Å². The van der Waals surface area contributed by atoms with Crippen molar-refractivity contribution in [2.24, 2.45) is 5.84 Å². The number of carbonyl (C=O) groups excluding carboxylic acids is 2. The molecule has 98 valence electrons. The van der Waals surface area contributed by atoms with Crippen molar-refractivity contribution in [2.45, 2.75) is 13.3 Å². The summed E-state index contributed by atoms with van der Waals surface area (Å²) in [6.45, 7) is 2.66. The van der Waals surface area contributed by atoms with Crippen molar-refractivity contribution in [2.75, 3.05) is 18.5 Å². The molecule has 5 N–H and O–H groups in total. The summed E-state index contributed by atoms with van der Waals surface area (Å²) in [6, 6.07) is 0. The largest absolute Gasteiger partial charge is 0.356 e. The van der Waals surface area contributed by atoms with Gasteiger partial charge in [0, 0.05) is 19.5 Å². The fraction of sp³-hybridized carbons (Fsp3) is 0.400. The maximum absolute atomic E-state index is 11.6. The molecule has 8 nitrogen and oxygen atoms in total. The van der Waals surface area contributed by atoms with E-state index in [2.05, 4.69) is 26.0 Å². The number of aromatic nitrogens is 2. The van der Waals surface area contributed by atoms with Gasteiger partial charge in [0.05, 0.1) is 12.4 Å². The molecule has 0 fully saturated rings. The van der Waals surface area contributed by atoms with Crippen molar-refractivity contribution >= 4 is 17.6 Å². The summed E-state index contributed by atoms with van der Waals surface area (Å²) in [4.78, 5) is 30.4. The van der Waals surface area contributed by atoms with Crippen LogP contribution >= 0.6 is 0 Å². The quantitative estimate of drug-likeness (QED) is 0.381. The van der Waals surface area contributed by atoms with Gasteiger partial charge in [-0.15, -0.1) is 0 Å². The fourth-order valence-electron chi connectivity index (χ4n) is 1.19. The van der Waals surface area contributed by atoms with E-state index in [1.165, 1.54) is 12.4 Å². The average molecular weight is 252 g/mol. The maximum atomic E-state index is 11.6. The molecule has 1 aromatic rings. The van der Waals surface area contributed by atoms with Crippen LogP contribution in [0.3, 0.4) is 0 Å². The molecular weight excluding hydrogens is 236 g/mol. The molecule has 0 atom stereocenters. The van der Waals surface area contributed by atoms with Crippen molar-refractivity contribution in [1.82, 2.24) is 20.6 Å². The molecule has 0 saturated heterocycles. The molecule has 1 rings (SSSR count). The Morgan fingerprint density at radius 2 is 2.06 bits per heavy atom. The van der Waals surface area contributed by atoms with Gasteiger partial charge in [-0.3, -0.25) is 9.59 Å². The highest BCUT2D eigenvalue weighted by Gasteiger charge is 2.08. The zero-order valence-electron chi connectivity index (χ0n) is 10.1. The Labute approximate surface area is 104 Å². The van der Waals surface area contributed by atoms with Gasteiger partial charge in [0.2, 0.25) is 5.91 Å². The lowest BCUT2D eigenvalue weighted by Crippen LogP contribution is -2.31. The molecule has 0 aliphatic carbocycles. The summed E-state index contributed by atoms with van der Waals surface area (Å²) >= 11 is 0. The first kappa shape index (κ1) is 13.8.